The molecule has 2 atom stereocenters. The van der Waals surface area contributed by atoms with Crippen molar-refractivity contribution < 1.29 is 42.1 Å². The molecule has 0 N–H and O–H groups in total. The highest BCUT2D eigenvalue weighted by Crippen LogP contribution is 2.38. The largest absolute Gasteiger partial charge is 0.756 e. The number of phosphoric acid groups is 1. The Hall–Kier alpha value is -2.29. The third-order valence-corrected chi connectivity index (χ3v) is 14.2. The smallest absolute Gasteiger partial charge is 0.306 e. The van der Waals surface area contributed by atoms with E-state index in [1.807, 2.05) is 21.1 Å². The Kier molecular flexibility index (Phi) is 52.8. The fourth-order valence-electron chi connectivity index (χ4n) is 8.59. The molecule has 0 bridgehead atoms. The summed E-state index contributed by atoms with van der Waals surface area (Å²) in [5, 5.41) is 0. The Morgan fingerprint density at radius 2 is 0.781 bits per heavy atom. The molecule has 0 amide bonds. The number of quaternary nitrogens is 1. The first-order valence-electron chi connectivity index (χ1n) is 30.5. The number of likely N-dealkylation sites (N-methyl/N-ethyl adjacent to an activating group) is 1. The van der Waals surface area contributed by atoms with Gasteiger partial charge in [0.15, 0.2) is 6.10 Å². The zero-order valence-corrected chi connectivity index (χ0v) is 49.2. The maximum absolute atomic E-state index is 12.8. The summed E-state index contributed by atoms with van der Waals surface area (Å²) in [6.45, 7) is 4.13. The van der Waals surface area contributed by atoms with Crippen molar-refractivity contribution in [1.82, 2.24) is 0 Å². The first-order valence-corrected chi connectivity index (χ1v) is 32.0. The van der Waals surface area contributed by atoms with Gasteiger partial charge in [-0.15, -0.1) is 0 Å². The van der Waals surface area contributed by atoms with Crippen LogP contribution in [0.5, 0.6) is 0 Å². The molecule has 0 aliphatic carbocycles. The molecule has 0 aliphatic heterocycles. The molecule has 426 valence electrons. The molecule has 0 spiro atoms. The molecule has 9 nitrogen and oxygen atoms in total. The number of rotatable bonds is 56. The van der Waals surface area contributed by atoms with E-state index in [-0.39, 0.29) is 32.0 Å². The average Bonchev–Trinajstić information content (AvgIpc) is 3.35. The van der Waals surface area contributed by atoms with Crippen molar-refractivity contribution >= 4 is 19.8 Å². The zero-order valence-electron chi connectivity index (χ0n) is 48.3. The highest BCUT2D eigenvalue weighted by molar-refractivity contribution is 7.45. The van der Waals surface area contributed by atoms with Crippen molar-refractivity contribution in [1.29, 1.82) is 0 Å². The van der Waals surface area contributed by atoms with Crippen molar-refractivity contribution in [2.24, 2.45) is 0 Å². The molecule has 73 heavy (non-hydrogen) atoms. The molecule has 0 saturated carbocycles. The Labute approximate surface area is 451 Å². The Morgan fingerprint density at radius 1 is 0.438 bits per heavy atom. The minimum absolute atomic E-state index is 0.0312. The summed E-state index contributed by atoms with van der Waals surface area (Å²) in [5.74, 6) is -0.833. The molecule has 0 aliphatic rings. The molecule has 0 rings (SSSR count). The Morgan fingerprint density at radius 3 is 1.18 bits per heavy atom. The van der Waals surface area contributed by atoms with Crippen molar-refractivity contribution in [3.05, 3.63) is 60.8 Å². The molecule has 0 heterocycles. The number of carbonyl (C=O) groups is 2. The average molecular weight is 1050 g/mol. The second-order valence-electron chi connectivity index (χ2n) is 21.7. The molecule has 2 unspecified atom stereocenters. The summed E-state index contributed by atoms with van der Waals surface area (Å²) < 4.78 is 34.1. The van der Waals surface area contributed by atoms with Crippen LogP contribution in [0.1, 0.15) is 277 Å². The molecule has 10 heteroatoms. The van der Waals surface area contributed by atoms with E-state index in [0.717, 1.165) is 83.5 Å². The van der Waals surface area contributed by atoms with E-state index >= 15 is 0 Å². The monoisotopic (exact) mass is 1050 g/mol. The molecule has 0 saturated heterocycles. The van der Waals surface area contributed by atoms with Crippen LogP contribution in [-0.4, -0.2) is 70.0 Å². The fraction of sp³-hybridized carbons (Fsp3) is 0.810. The van der Waals surface area contributed by atoms with Gasteiger partial charge in [0.2, 0.25) is 0 Å². The van der Waals surface area contributed by atoms with Gasteiger partial charge < -0.3 is 27.9 Å². The SMILES string of the molecule is CC/C=C\C/C=C\C/C=C\C/C=C\CCCCCCCCCCCCCCCCCCCCCCCCC(=O)OC(COC(=O)CCCCCCC/C=C\CCCCCCC)COP(=O)([O-])OCC[N+](C)(C)C. The number of hydrogen-bond donors (Lipinski definition) is 0. The maximum atomic E-state index is 12.8. The molecule has 0 aromatic rings. The van der Waals surface area contributed by atoms with Gasteiger partial charge in [-0.2, -0.15) is 0 Å². The van der Waals surface area contributed by atoms with Crippen molar-refractivity contribution in [2.75, 3.05) is 47.5 Å². The van der Waals surface area contributed by atoms with Gasteiger partial charge in [0.05, 0.1) is 27.7 Å². The fourth-order valence-corrected chi connectivity index (χ4v) is 9.31. The molecule has 0 fully saturated rings. The predicted octanol–water partition coefficient (Wildman–Crippen LogP) is 18.5. The highest BCUT2D eigenvalue weighted by atomic mass is 31.2. The standard InChI is InChI=1S/C63H116NO8P/c1-6-8-10-12-14-16-18-20-22-23-24-25-26-27-28-29-30-31-32-33-34-35-36-37-38-39-40-41-42-44-46-48-50-52-54-56-63(66)72-61(60-71-73(67,68)70-58-57-64(3,4)5)59-69-62(65)55-53-51-49-47-45-43-21-19-17-15-13-11-9-7-2/h8,10,14,16,19-22,24-25,61H,6-7,9,11-13,15,17-18,23,26-60H2,1-5H3/b10-8-,16-14-,21-19-,22-20-,25-24-. The number of allylic oxidation sites excluding steroid dienone is 10. The van der Waals surface area contributed by atoms with Gasteiger partial charge in [-0.1, -0.05) is 248 Å². The minimum atomic E-state index is -4.63. The summed E-state index contributed by atoms with van der Waals surface area (Å²) in [4.78, 5) is 37.8. The van der Waals surface area contributed by atoms with Crippen molar-refractivity contribution in [2.45, 2.75) is 283 Å². The summed E-state index contributed by atoms with van der Waals surface area (Å²) >= 11 is 0. The van der Waals surface area contributed by atoms with E-state index in [1.165, 1.54) is 161 Å². The van der Waals surface area contributed by atoms with Crippen LogP contribution >= 0.6 is 7.82 Å². The van der Waals surface area contributed by atoms with E-state index in [4.69, 9.17) is 18.5 Å². The van der Waals surface area contributed by atoms with Crippen LogP contribution in [-0.2, 0) is 32.7 Å². The van der Waals surface area contributed by atoms with E-state index < -0.39 is 26.5 Å². The highest BCUT2D eigenvalue weighted by Gasteiger charge is 2.22. The van der Waals surface area contributed by atoms with Gasteiger partial charge >= 0.3 is 11.9 Å². The number of nitrogens with zero attached hydrogens (tertiary/aromatic N) is 1. The number of phosphoric ester groups is 1. The topological polar surface area (TPSA) is 111 Å². The normalized spacial score (nSPS) is 13.7. The van der Waals surface area contributed by atoms with Crippen molar-refractivity contribution in [3.8, 4) is 0 Å². The summed E-state index contributed by atoms with van der Waals surface area (Å²) in [5.41, 5.74) is 0. The lowest BCUT2D eigenvalue weighted by molar-refractivity contribution is -0.870. The van der Waals surface area contributed by atoms with E-state index in [1.54, 1.807) is 0 Å². The van der Waals surface area contributed by atoms with Gasteiger partial charge in [-0.25, -0.2) is 0 Å². The Balaban J connectivity index is 3.97. The van der Waals surface area contributed by atoms with Crippen LogP contribution in [0.2, 0.25) is 0 Å². The van der Waals surface area contributed by atoms with Gasteiger partial charge in [0, 0.05) is 12.8 Å². The van der Waals surface area contributed by atoms with Gasteiger partial charge in [0.25, 0.3) is 7.82 Å². The minimum Gasteiger partial charge on any atom is -0.756 e. The zero-order chi connectivity index (χ0) is 53.5. The molecule has 0 radical (unpaired) electrons. The number of hydrogen-bond acceptors (Lipinski definition) is 8. The quantitative estimate of drug-likeness (QED) is 0.0195. The number of carbonyl (C=O) groups excluding carboxylic acids is 2. The maximum Gasteiger partial charge on any atom is 0.306 e. The first-order chi connectivity index (χ1) is 35.5. The molecular weight excluding hydrogens is 930 g/mol. The van der Waals surface area contributed by atoms with Crippen molar-refractivity contribution in [3.63, 3.8) is 0 Å². The summed E-state index contributed by atoms with van der Waals surface area (Å²) in [6.07, 6.45) is 70.1. The van der Waals surface area contributed by atoms with Crippen LogP contribution in [0.15, 0.2) is 60.8 Å². The predicted molar refractivity (Wildman–Crippen MR) is 310 cm³/mol. The lowest BCUT2D eigenvalue weighted by Crippen LogP contribution is -2.37. The first kappa shape index (κ1) is 70.7. The van der Waals surface area contributed by atoms with Crippen LogP contribution in [0.25, 0.3) is 0 Å². The summed E-state index contributed by atoms with van der Waals surface area (Å²) in [6, 6.07) is 0. The van der Waals surface area contributed by atoms with Gasteiger partial charge in [-0.05, 0) is 77.0 Å². The number of unbranched alkanes of at least 4 members (excludes halogenated alkanes) is 32. The van der Waals surface area contributed by atoms with Gasteiger partial charge in [0.1, 0.15) is 19.8 Å². The van der Waals surface area contributed by atoms with E-state index in [9.17, 15) is 19.0 Å². The van der Waals surface area contributed by atoms with E-state index in [2.05, 4.69) is 74.6 Å². The Bertz CT molecular complexity index is 1420. The summed E-state index contributed by atoms with van der Waals surface area (Å²) in [7, 11) is 1.17. The van der Waals surface area contributed by atoms with Crippen LogP contribution in [0, 0.1) is 0 Å². The lowest BCUT2D eigenvalue weighted by atomic mass is 10.0. The van der Waals surface area contributed by atoms with E-state index in [0.29, 0.717) is 17.4 Å². The molecule has 0 aromatic carbocycles. The van der Waals surface area contributed by atoms with Crippen LogP contribution < -0.4 is 4.89 Å². The lowest BCUT2D eigenvalue weighted by Gasteiger charge is -2.28. The third kappa shape index (κ3) is 58.8. The number of esters is 2. The number of ether oxygens (including phenoxy) is 2. The van der Waals surface area contributed by atoms with Crippen LogP contribution in [0.3, 0.4) is 0 Å². The molecule has 0 aromatic heterocycles. The second-order valence-corrected chi connectivity index (χ2v) is 23.1. The van der Waals surface area contributed by atoms with Gasteiger partial charge in [-0.3, -0.25) is 14.2 Å². The van der Waals surface area contributed by atoms with Crippen LogP contribution in [0.4, 0.5) is 0 Å². The third-order valence-electron chi connectivity index (χ3n) is 13.3. The molecular formula is C63H116NO8P. The second kappa shape index (κ2) is 54.5.